The number of benzene rings is 1. The van der Waals surface area contributed by atoms with Crippen molar-refractivity contribution in [1.29, 1.82) is 0 Å². The van der Waals surface area contributed by atoms with Gasteiger partial charge in [0, 0.05) is 6.04 Å². The second kappa shape index (κ2) is 6.60. The molecule has 0 spiro atoms. The first-order chi connectivity index (χ1) is 9.16. The molecule has 0 aromatic heterocycles. The molecule has 1 aromatic carbocycles. The number of aryl methyl sites for hydroxylation is 2. The molecular formula is C16H23NO2. The second-order valence-corrected chi connectivity index (χ2v) is 5.41. The van der Waals surface area contributed by atoms with Gasteiger partial charge in [-0.1, -0.05) is 37.5 Å². The number of carbonyl (C=O) groups is 1. The van der Waals surface area contributed by atoms with Crippen molar-refractivity contribution in [3.63, 3.8) is 0 Å². The molecule has 2 rings (SSSR count). The smallest absolute Gasteiger partial charge is 0.258 e. The topological polar surface area (TPSA) is 38.3 Å². The minimum atomic E-state index is -0.00504. The average Bonchev–Trinajstić information content (AvgIpc) is 2.39. The van der Waals surface area contributed by atoms with Gasteiger partial charge in [0.05, 0.1) is 0 Å². The lowest BCUT2D eigenvalue weighted by atomic mass is 9.95. The highest BCUT2D eigenvalue weighted by molar-refractivity contribution is 5.77. The van der Waals surface area contributed by atoms with Gasteiger partial charge in [0.2, 0.25) is 0 Å². The van der Waals surface area contributed by atoms with Crippen LogP contribution in [0, 0.1) is 13.8 Å². The first-order valence-electron chi connectivity index (χ1n) is 7.15. The molecule has 104 valence electrons. The molecule has 0 aliphatic heterocycles. The molecule has 1 N–H and O–H groups in total. The normalized spacial score (nSPS) is 16.1. The Hall–Kier alpha value is -1.51. The van der Waals surface area contributed by atoms with Crippen molar-refractivity contribution in [3.05, 3.63) is 29.3 Å². The molecule has 0 atom stereocenters. The summed E-state index contributed by atoms with van der Waals surface area (Å²) in [4.78, 5) is 11.9. The van der Waals surface area contributed by atoms with E-state index in [4.69, 9.17) is 4.74 Å². The van der Waals surface area contributed by atoms with Crippen molar-refractivity contribution in [3.8, 4) is 5.75 Å². The molecule has 1 fully saturated rings. The third-order valence-corrected chi connectivity index (χ3v) is 3.73. The third-order valence-electron chi connectivity index (χ3n) is 3.73. The Labute approximate surface area is 115 Å². The summed E-state index contributed by atoms with van der Waals surface area (Å²) in [6.07, 6.45) is 5.96. The maximum absolute atomic E-state index is 11.9. The monoisotopic (exact) mass is 261 g/mol. The van der Waals surface area contributed by atoms with Crippen molar-refractivity contribution in [2.45, 2.75) is 52.0 Å². The summed E-state index contributed by atoms with van der Waals surface area (Å²) in [6, 6.07) is 6.35. The van der Waals surface area contributed by atoms with Gasteiger partial charge in [0.15, 0.2) is 6.61 Å². The number of ether oxygens (including phenoxy) is 1. The van der Waals surface area contributed by atoms with Crippen LogP contribution < -0.4 is 10.1 Å². The summed E-state index contributed by atoms with van der Waals surface area (Å²) < 4.78 is 5.66. The average molecular weight is 261 g/mol. The fraction of sp³-hybridized carbons (Fsp3) is 0.562. The van der Waals surface area contributed by atoms with Crippen molar-refractivity contribution in [1.82, 2.24) is 5.32 Å². The summed E-state index contributed by atoms with van der Waals surface area (Å²) in [5.74, 6) is 0.829. The molecule has 1 amide bonds. The van der Waals surface area contributed by atoms with Gasteiger partial charge in [-0.15, -0.1) is 0 Å². The van der Waals surface area contributed by atoms with Gasteiger partial charge in [0.1, 0.15) is 5.75 Å². The molecule has 0 unspecified atom stereocenters. The standard InChI is InChI=1S/C16H23NO2/c1-12-7-6-8-13(2)16(12)19-11-15(18)17-14-9-4-3-5-10-14/h6-8,14H,3-5,9-11H2,1-2H3,(H,17,18). The first kappa shape index (κ1) is 13.9. The van der Waals surface area contributed by atoms with Crippen molar-refractivity contribution < 1.29 is 9.53 Å². The van der Waals surface area contributed by atoms with Crippen LogP contribution in [0.3, 0.4) is 0 Å². The molecule has 0 bridgehead atoms. The van der Waals surface area contributed by atoms with Gasteiger partial charge in [-0.25, -0.2) is 0 Å². The molecule has 19 heavy (non-hydrogen) atoms. The number of rotatable bonds is 4. The van der Waals surface area contributed by atoms with Crippen LogP contribution in [0.5, 0.6) is 5.75 Å². The molecule has 1 aliphatic rings. The van der Waals surface area contributed by atoms with Crippen molar-refractivity contribution in [2.75, 3.05) is 6.61 Å². The van der Waals surface area contributed by atoms with E-state index in [-0.39, 0.29) is 12.5 Å². The Morgan fingerprint density at radius 2 is 1.84 bits per heavy atom. The van der Waals surface area contributed by atoms with Crippen molar-refractivity contribution >= 4 is 5.91 Å². The fourth-order valence-corrected chi connectivity index (χ4v) is 2.68. The molecule has 3 heteroatoms. The number of amides is 1. The highest BCUT2D eigenvalue weighted by atomic mass is 16.5. The van der Waals surface area contributed by atoms with E-state index in [1.807, 2.05) is 32.0 Å². The lowest BCUT2D eigenvalue weighted by molar-refractivity contribution is -0.124. The third kappa shape index (κ3) is 3.98. The summed E-state index contributed by atoms with van der Waals surface area (Å²) in [6.45, 7) is 4.12. The van der Waals surface area contributed by atoms with Gasteiger partial charge in [-0.2, -0.15) is 0 Å². The van der Waals surface area contributed by atoms with Crippen LogP contribution in [0.2, 0.25) is 0 Å². The predicted molar refractivity (Wildman–Crippen MR) is 76.4 cm³/mol. The maximum Gasteiger partial charge on any atom is 0.258 e. The molecule has 0 saturated heterocycles. The quantitative estimate of drug-likeness (QED) is 0.904. The minimum Gasteiger partial charge on any atom is -0.483 e. The van der Waals surface area contributed by atoms with E-state index in [2.05, 4.69) is 5.32 Å². The van der Waals surface area contributed by atoms with Crippen LogP contribution in [0.25, 0.3) is 0 Å². The number of hydrogen-bond acceptors (Lipinski definition) is 2. The molecule has 1 saturated carbocycles. The second-order valence-electron chi connectivity index (χ2n) is 5.41. The SMILES string of the molecule is Cc1cccc(C)c1OCC(=O)NC1CCCCC1. The van der Waals surface area contributed by atoms with Crippen LogP contribution in [0.4, 0.5) is 0 Å². The Balaban J connectivity index is 1.83. The van der Waals surface area contributed by atoms with E-state index < -0.39 is 0 Å². The van der Waals surface area contributed by atoms with Gasteiger partial charge in [-0.3, -0.25) is 4.79 Å². The van der Waals surface area contributed by atoms with Gasteiger partial charge < -0.3 is 10.1 Å². The van der Waals surface area contributed by atoms with Crippen LogP contribution >= 0.6 is 0 Å². The summed E-state index contributed by atoms with van der Waals surface area (Å²) in [5.41, 5.74) is 2.15. The molecular weight excluding hydrogens is 238 g/mol. The van der Waals surface area contributed by atoms with E-state index >= 15 is 0 Å². The Bertz CT molecular complexity index is 416. The lowest BCUT2D eigenvalue weighted by Gasteiger charge is -2.23. The molecule has 1 aliphatic carbocycles. The zero-order valence-corrected chi connectivity index (χ0v) is 11.9. The van der Waals surface area contributed by atoms with Crippen LogP contribution in [0.15, 0.2) is 18.2 Å². The predicted octanol–water partition coefficient (Wildman–Crippen LogP) is 3.13. The number of para-hydroxylation sites is 1. The molecule has 1 aromatic rings. The fourth-order valence-electron chi connectivity index (χ4n) is 2.68. The number of hydrogen-bond donors (Lipinski definition) is 1. The Morgan fingerprint density at radius 3 is 2.47 bits per heavy atom. The first-order valence-corrected chi connectivity index (χ1v) is 7.15. The summed E-state index contributed by atoms with van der Waals surface area (Å²) >= 11 is 0. The molecule has 3 nitrogen and oxygen atoms in total. The highest BCUT2D eigenvalue weighted by Gasteiger charge is 2.16. The number of nitrogens with one attached hydrogen (secondary N) is 1. The van der Waals surface area contributed by atoms with E-state index in [1.54, 1.807) is 0 Å². The van der Waals surface area contributed by atoms with Gasteiger partial charge >= 0.3 is 0 Å². The van der Waals surface area contributed by atoms with E-state index in [0.29, 0.717) is 6.04 Å². The largest absolute Gasteiger partial charge is 0.483 e. The highest BCUT2D eigenvalue weighted by Crippen LogP contribution is 2.22. The summed E-state index contributed by atoms with van der Waals surface area (Å²) in [7, 11) is 0. The van der Waals surface area contributed by atoms with Gasteiger partial charge in [-0.05, 0) is 37.8 Å². The maximum atomic E-state index is 11.9. The van der Waals surface area contributed by atoms with Crippen LogP contribution in [0.1, 0.15) is 43.2 Å². The Morgan fingerprint density at radius 1 is 1.21 bits per heavy atom. The molecule has 0 heterocycles. The Kier molecular flexibility index (Phi) is 4.83. The van der Waals surface area contributed by atoms with E-state index in [0.717, 1.165) is 29.7 Å². The van der Waals surface area contributed by atoms with E-state index in [9.17, 15) is 4.79 Å². The van der Waals surface area contributed by atoms with Gasteiger partial charge in [0.25, 0.3) is 5.91 Å². The number of carbonyl (C=O) groups excluding carboxylic acids is 1. The molecule has 0 radical (unpaired) electrons. The van der Waals surface area contributed by atoms with Crippen LogP contribution in [-0.2, 0) is 4.79 Å². The minimum absolute atomic E-state index is 0.00504. The zero-order valence-electron chi connectivity index (χ0n) is 11.9. The van der Waals surface area contributed by atoms with Crippen LogP contribution in [-0.4, -0.2) is 18.6 Å². The summed E-state index contributed by atoms with van der Waals surface area (Å²) in [5, 5.41) is 3.06. The van der Waals surface area contributed by atoms with Crippen molar-refractivity contribution in [2.24, 2.45) is 0 Å². The zero-order chi connectivity index (χ0) is 13.7. The lowest BCUT2D eigenvalue weighted by Crippen LogP contribution is -2.39. The van der Waals surface area contributed by atoms with E-state index in [1.165, 1.54) is 19.3 Å².